The SMILES string of the molecule is C#CCNC(=NCCc1ccccn1)NCC. The zero-order valence-corrected chi connectivity index (χ0v) is 10.1. The van der Waals surface area contributed by atoms with E-state index in [0.717, 1.165) is 24.6 Å². The van der Waals surface area contributed by atoms with E-state index in [1.54, 1.807) is 6.20 Å². The molecule has 1 aromatic heterocycles. The summed E-state index contributed by atoms with van der Waals surface area (Å²) in [6.07, 6.45) is 7.81. The summed E-state index contributed by atoms with van der Waals surface area (Å²) in [6, 6.07) is 5.89. The molecule has 0 aliphatic carbocycles. The Morgan fingerprint density at radius 1 is 1.47 bits per heavy atom. The number of nitrogens with one attached hydrogen (secondary N) is 2. The maximum absolute atomic E-state index is 5.19. The Morgan fingerprint density at radius 2 is 2.35 bits per heavy atom. The van der Waals surface area contributed by atoms with Gasteiger partial charge < -0.3 is 10.6 Å². The lowest BCUT2D eigenvalue weighted by molar-refractivity contribution is 0.847. The first-order valence-electron chi connectivity index (χ1n) is 5.72. The maximum atomic E-state index is 5.19. The van der Waals surface area contributed by atoms with Gasteiger partial charge in [-0.05, 0) is 19.1 Å². The van der Waals surface area contributed by atoms with E-state index in [2.05, 4.69) is 26.5 Å². The fourth-order valence-corrected chi connectivity index (χ4v) is 1.30. The molecule has 1 heterocycles. The van der Waals surface area contributed by atoms with Crippen LogP contribution in [0.5, 0.6) is 0 Å². The summed E-state index contributed by atoms with van der Waals surface area (Å²) in [5.41, 5.74) is 1.05. The van der Waals surface area contributed by atoms with Crippen molar-refractivity contribution in [3.8, 4) is 12.3 Å². The first-order valence-corrected chi connectivity index (χ1v) is 5.72. The van der Waals surface area contributed by atoms with Gasteiger partial charge in [0, 0.05) is 31.4 Å². The lowest BCUT2D eigenvalue weighted by Gasteiger charge is -2.08. The molecule has 0 atom stereocenters. The number of hydrogen-bond acceptors (Lipinski definition) is 2. The largest absolute Gasteiger partial charge is 0.357 e. The van der Waals surface area contributed by atoms with Crippen molar-refractivity contribution in [2.75, 3.05) is 19.6 Å². The highest BCUT2D eigenvalue weighted by Gasteiger charge is 1.95. The molecule has 0 bridgehead atoms. The lowest BCUT2D eigenvalue weighted by atomic mass is 10.3. The Morgan fingerprint density at radius 3 is 3.00 bits per heavy atom. The average Bonchev–Trinajstić information content (AvgIpc) is 2.37. The molecule has 0 radical (unpaired) electrons. The fourth-order valence-electron chi connectivity index (χ4n) is 1.30. The molecule has 2 N–H and O–H groups in total. The molecule has 0 aromatic carbocycles. The normalized spacial score (nSPS) is 10.7. The highest BCUT2D eigenvalue weighted by Crippen LogP contribution is 1.94. The third-order valence-corrected chi connectivity index (χ3v) is 2.07. The number of terminal acetylenes is 1. The van der Waals surface area contributed by atoms with Crippen LogP contribution in [0.2, 0.25) is 0 Å². The molecular formula is C13H18N4. The zero-order chi connectivity index (χ0) is 12.3. The third-order valence-electron chi connectivity index (χ3n) is 2.07. The van der Waals surface area contributed by atoms with Gasteiger partial charge in [0.1, 0.15) is 0 Å². The number of hydrogen-bond donors (Lipinski definition) is 2. The van der Waals surface area contributed by atoms with Gasteiger partial charge in [-0.15, -0.1) is 6.42 Å². The van der Waals surface area contributed by atoms with Crippen molar-refractivity contribution in [1.29, 1.82) is 0 Å². The molecular weight excluding hydrogens is 212 g/mol. The summed E-state index contributed by atoms with van der Waals surface area (Å²) in [7, 11) is 0. The third kappa shape index (κ3) is 5.57. The minimum Gasteiger partial charge on any atom is -0.357 e. The lowest BCUT2D eigenvalue weighted by Crippen LogP contribution is -2.37. The topological polar surface area (TPSA) is 49.3 Å². The van der Waals surface area contributed by atoms with Gasteiger partial charge in [-0.3, -0.25) is 9.98 Å². The number of guanidine groups is 1. The van der Waals surface area contributed by atoms with E-state index in [9.17, 15) is 0 Å². The number of aromatic nitrogens is 1. The van der Waals surface area contributed by atoms with Gasteiger partial charge in [0.25, 0.3) is 0 Å². The van der Waals surface area contributed by atoms with E-state index in [1.807, 2.05) is 25.1 Å². The van der Waals surface area contributed by atoms with Gasteiger partial charge in [-0.1, -0.05) is 12.0 Å². The molecule has 4 nitrogen and oxygen atoms in total. The predicted molar refractivity (Wildman–Crippen MR) is 70.8 cm³/mol. The van der Waals surface area contributed by atoms with E-state index >= 15 is 0 Å². The van der Waals surface area contributed by atoms with Gasteiger partial charge in [-0.25, -0.2) is 0 Å². The van der Waals surface area contributed by atoms with Gasteiger partial charge in [-0.2, -0.15) is 0 Å². The fraction of sp³-hybridized carbons (Fsp3) is 0.385. The van der Waals surface area contributed by atoms with Crippen LogP contribution < -0.4 is 10.6 Å². The second-order valence-electron chi connectivity index (χ2n) is 3.39. The standard InChI is InChI=1S/C13H18N4/c1-3-9-16-13(14-4-2)17-11-8-12-7-5-6-10-15-12/h1,5-7,10H,4,8-9,11H2,2H3,(H2,14,16,17). The average molecular weight is 230 g/mol. The number of rotatable bonds is 5. The van der Waals surface area contributed by atoms with Crippen molar-refractivity contribution in [1.82, 2.24) is 15.6 Å². The Balaban J connectivity index is 2.41. The number of pyridine rings is 1. The Hall–Kier alpha value is -2.02. The van der Waals surface area contributed by atoms with E-state index < -0.39 is 0 Å². The molecule has 0 spiro atoms. The quantitative estimate of drug-likeness (QED) is 0.447. The molecule has 1 rings (SSSR count). The van der Waals surface area contributed by atoms with Crippen LogP contribution in [0.15, 0.2) is 29.4 Å². The molecule has 1 aromatic rings. The van der Waals surface area contributed by atoms with Crippen LogP contribution in [0.4, 0.5) is 0 Å². The molecule has 0 fully saturated rings. The minimum absolute atomic E-state index is 0.482. The van der Waals surface area contributed by atoms with Crippen molar-refractivity contribution in [2.24, 2.45) is 4.99 Å². The summed E-state index contributed by atoms with van der Waals surface area (Å²) in [5, 5.41) is 6.17. The van der Waals surface area contributed by atoms with Gasteiger partial charge in [0.15, 0.2) is 5.96 Å². The van der Waals surface area contributed by atoms with Crippen LogP contribution in [0.3, 0.4) is 0 Å². The molecule has 17 heavy (non-hydrogen) atoms. The Labute approximate surface area is 103 Å². The second kappa shape index (κ2) is 8.17. The molecule has 0 aliphatic rings. The minimum atomic E-state index is 0.482. The first-order chi connectivity index (χ1) is 8.36. The Kier molecular flexibility index (Phi) is 6.27. The van der Waals surface area contributed by atoms with Crippen LogP contribution in [-0.4, -0.2) is 30.6 Å². The Bertz CT molecular complexity index is 378. The highest BCUT2D eigenvalue weighted by atomic mass is 15.2. The van der Waals surface area contributed by atoms with Crippen LogP contribution >= 0.6 is 0 Å². The molecule has 90 valence electrons. The van der Waals surface area contributed by atoms with E-state index in [0.29, 0.717) is 13.1 Å². The van der Waals surface area contributed by atoms with E-state index in [4.69, 9.17) is 6.42 Å². The van der Waals surface area contributed by atoms with Crippen LogP contribution in [0.1, 0.15) is 12.6 Å². The molecule has 4 heteroatoms. The van der Waals surface area contributed by atoms with Crippen molar-refractivity contribution in [2.45, 2.75) is 13.3 Å². The zero-order valence-electron chi connectivity index (χ0n) is 10.1. The van der Waals surface area contributed by atoms with Crippen molar-refractivity contribution in [3.63, 3.8) is 0 Å². The van der Waals surface area contributed by atoms with Gasteiger partial charge in [0.05, 0.1) is 6.54 Å². The number of aliphatic imine (C=N–C) groups is 1. The highest BCUT2D eigenvalue weighted by molar-refractivity contribution is 5.79. The van der Waals surface area contributed by atoms with Crippen LogP contribution in [0, 0.1) is 12.3 Å². The maximum Gasteiger partial charge on any atom is 0.192 e. The number of nitrogens with zero attached hydrogens (tertiary/aromatic N) is 2. The van der Waals surface area contributed by atoms with Crippen LogP contribution in [0.25, 0.3) is 0 Å². The smallest absolute Gasteiger partial charge is 0.192 e. The summed E-state index contributed by atoms with van der Waals surface area (Å²) in [4.78, 5) is 8.65. The van der Waals surface area contributed by atoms with Crippen molar-refractivity contribution >= 4 is 5.96 Å². The van der Waals surface area contributed by atoms with Gasteiger partial charge in [0.2, 0.25) is 0 Å². The van der Waals surface area contributed by atoms with Gasteiger partial charge >= 0.3 is 0 Å². The van der Waals surface area contributed by atoms with Crippen LogP contribution in [-0.2, 0) is 6.42 Å². The monoisotopic (exact) mass is 230 g/mol. The molecule has 0 amide bonds. The summed E-state index contributed by atoms with van der Waals surface area (Å²) in [5.74, 6) is 3.27. The first kappa shape index (κ1) is 13.0. The molecule has 0 unspecified atom stereocenters. The summed E-state index contributed by atoms with van der Waals surface area (Å²) in [6.45, 7) is 4.01. The van der Waals surface area contributed by atoms with E-state index in [1.165, 1.54) is 0 Å². The summed E-state index contributed by atoms with van der Waals surface area (Å²) < 4.78 is 0. The van der Waals surface area contributed by atoms with Crippen molar-refractivity contribution in [3.05, 3.63) is 30.1 Å². The molecule has 0 saturated heterocycles. The predicted octanol–water partition coefficient (Wildman–Crippen LogP) is 0.812. The molecule has 0 saturated carbocycles. The summed E-state index contributed by atoms with van der Waals surface area (Å²) >= 11 is 0. The molecule has 0 aliphatic heterocycles. The second-order valence-corrected chi connectivity index (χ2v) is 3.39. The van der Waals surface area contributed by atoms with Crippen molar-refractivity contribution < 1.29 is 0 Å². The van der Waals surface area contributed by atoms with E-state index in [-0.39, 0.29) is 0 Å².